The number of aromatic nitrogens is 1. The first-order chi connectivity index (χ1) is 15.0. The molecule has 0 aliphatic carbocycles. The van der Waals surface area contributed by atoms with Crippen LogP contribution in [0.2, 0.25) is 0 Å². The molecule has 0 bridgehead atoms. The summed E-state index contributed by atoms with van der Waals surface area (Å²) >= 11 is 0. The molecule has 1 saturated heterocycles. The van der Waals surface area contributed by atoms with Crippen molar-refractivity contribution in [2.45, 2.75) is 25.2 Å². The lowest BCUT2D eigenvalue weighted by Gasteiger charge is -2.34. The molecule has 1 fully saturated rings. The van der Waals surface area contributed by atoms with E-state index in [4.69, 9.17) is 0 Å². The van der Waals surface area contributed by atoms with Crippen molar-refractivity contribution in [1.82, 2.24) is 20.5 Å². The molecule has 2 N–H and O–H groups in total. The summed E-state index contributed by atoms with van der Waals surface area (Å²) in [5.74, 6) is -2.88. The van der Waals surface area contributed by atoms with Crippen LogP contribution in [0.5, 0.6) is 5.88 Å². The van der Waals surface area contributed by atoms with Crippen molar-refractivity contribution in [3.63, 3.8) is 0 Å². The lowest BCUT2D eigenvalue weighted by molar-refractivity contribution is -0.154. The third-order valence-electron chi connectivity index (χ3n) is 4.78. The summed E-state index contributed by atoms with van der Waals surface area (Å²) in [4.78, 5) is 29.8. The smallest absolute Gasteiger partial charge is 0.422 e. The SMILES string of the molecule is C[C@@H]1C(=O)NCCN1C(=O)NC(c1ccc(OCC(F)(F)F)nc1)c1ccc(F)c(F)c1. The molecule has 0 saturated carbocycles. The molecular weight excluding hydrogens is 439 g/mol. The number of alkyl halides is 3. The van der Waals surface area contributed by atoms with Crippen LogP contribution in [-0.2, 0) is 4.79 Å². The fourth-order valence-corrected chi connectivity index (χ4v) is 3.12. The first-order valence-electron chi connectivity index (χ1n) is 9.50. The number of nitrogens with one attached hydrogen (secondary N) is 2. The van der Waals surface area contributed by atoms with Crippen LogP contribution in [0, 0.1) is 11.6 Å². The number of carbonyl (C=O) groups excluding carboxylic acids is 2. The molecule has 3 rings (SSSR count). The minimum atomic E-state index is -4.54. The minimum absolute atomic E-state index is 0.164. The highest BCUT2D eigenvalue weighted by Gasteiger charge is 2.31. The van der Waals surface area contributed by atoms with Crippen LogP contribution in [0.3, 0.4) is 0 Å². The summed E-state index contributed by atoms with van der Waals surface area (Å²) in [7, 11) is 0. The number of hydrogen-bond acceptors (Lipinski definition) is 4. The van der Waals surface area contributed by atoms with Crippen LogP contribution in [0.1, 0.15) is 24.1 Å². The molecule has 0 radical (unpaired) electrons. The van der Waals surface area contributed by atoms with Crippen LogP contribution in [-0.4, -0.2) is 53.7 Å². The number of hydrogen-bond donors (Lipinski definition) is 2. The van der Waals surface area contributed by atoms with Gasteiger partial charge in [0.25, 0.3) is 0 Å². The van der Waals surface area contributed by atoms with E-state index in [-0.39, 0.29) is 36.0 Å². The normalized spacial score (nSPS) is 17.5. The van der Waals surface area contributed by atoms with Gasteiger partial charge in [0.2, 0.25) is 11.8 Å². The summed E-state index contributed by atoms with van der Waals surface area (Å²) in [6, 6.07) is 3.11. The number of halogens is 5. The van der Waals surface area contributed by atoms with Crippen LogP contribution in [0.4, 0.5) is 26.7 Å². The number of carbonyl (C=O) groups is 2. The molecule has 3 amide bonds. The molecule has 1 aromatic carbocycles. The van der Waals surface area contributed by atoms with Crippen molar-refractivity contribution < 1.29 is 36.3 Å². The molecule has 2 aromatic rings. The van der Waals surface area contributed by atoms with E-state index in [0.29, 0.717) is 0 Å². The van der Waals surface area contributed by atoms with E-state index in [1.807, 2.05) is 0 Å². The van der Waals surface area contributed by atoms with E-state index in [9.17, 15) is 31.5 Å². The van der Waals surface area contributed by atoms with Gasteiger partial charge in [-0.3, -0.25) is 4.79 Å². The van der Waals surface area contributed by atoms with Crippen molar-refractivity contribution >= 4 is 11.9 Å². The van der Waals surface area contributed by atoms with Crippen molar-refractivity contribution in [2.24, 2.45) is 0 Å². The lowest BCUT2D eigenvalue weighted by Crippen LogP contribution is -2.58. The maximum atomic E-state index is 13.8. The quantitative estimate of drug-likeness (QED) is 0.675. The molecule has 7 nitrogen and oxygen atoms in total. The number of ether oxygens (including phenoxy) is 1. The van der Waals surface area contributed by atoms with Gasteiger partial charge in [0.05, 0.1) is 6.04 Å². The van der Waals surface area contributed by atoms with Crippen molar-refractivity contribution in [3.8, 4) is 5.88 Å². The fourth-order valence-electron chi connectivity index (χ4n) is 3.12. The van der Waals surface area contributed by atoms with E-state index in [0.717, 1.165) is 24.4 Å². The molecule has 2 heterocycles. The number of benzene rings is 1. The highest BCUT2D eigenvalue weighted by molar-refractivity contribution is 5.88. The number of pyridine rings is 1. The zero-order chi connectivity index (χ0) is 23.5. The van der Waals surface area contributed by atoms with Crippen molar-refractivity contribution in [1.29, 1.82) is 0 Å². The van der Waals surface area contributed by atoms with Gasteiger partial charge < -0.3 is 20.3 Å². The lowest BCUT2D eigenvalue weighted by atomic mass is 10.00. The molecule has 12 heteroatoms. The van der Waals surface area contributed by atoms with Crippen LogP contribution in [0.25, 0.3) is 0 Å². The Morgan fingerprint density at radius 3 is 2.59 bits per heavy atom. The fraction of sp³-hybridized carbons (Fsp3) is 0.350. The van der Waals surface area contributed by atoms with E-state index in [2.05, 4.69) is 20.4 Å². The van der Waals surface area contributed by atoms with Gasteiger partial charge in [-0.2, -0.15) is 13.2 Å². The van der Waals surface area contributed by atoms with Gasteiger partial charge in [0, 0.05) is 25.4 Å². The zero-order valence-electron chi connectivity index (χ0n) is 16.7. The molecule has 32 heavy (non-hydrogen) atoms. The molecule has 1 unspecified atom stereocenters. The molecular formula is C20H19F5N4O3. The van der Waals surface area contributed by atoms with Crippen molar-refractivity contribution in [3.05, 3.63) is 59.3 Å². The van der Waals surface area contributed by atoms with Crippen molar-refractivity contribution in [2.75, 3.05) is 19.7 Å². The monoisotopic (exact) mass is 458 g/mol. The Morgan fingerprint density at radius 1 is 1.25 bits per heavy atom. The number of piperazine rings is 1. The Kier molecular flexibility index (Phi) is 6.80. The topological polar surface area (TPSA) is 83.6 Å². The Morgan fingerprint density at radius 2 is 1.97 bits per heavy atom. The number of amides is 3. The van der Waals surface area contributed by atoms with Gasteiger partial charge in [-0.15, -0.1) is 0 Å². The van der Waals surface area contributed by atoms with E-state index in [1.165, 1.54) is 24.0 Å². The third-order valence-corrected chi connectivity index (χ3v) is 4.78. The summed E-state index contributed by atoms with van der Waals surface area (Å²) < 4.78 is 68.8. The number of nitrogens with zero attached hydrogens (tertiary/aromatic N) is 2. The van der Waals surface area contributed by atoms with E-state index in [1.54, 1.807) is 0 Å². The Bertz CT molecular complexity index is 984. The van der Waals surface area contributed by atoms with Gasteiger partial charge in [0.15, 0.2) is 18.2 Å². The number of urea groups is 1. The summed E-state index contributed by atoms with van der Waals surface area (Å²) in [5, 5.41) is 5.27. The molecule has 1 aromatic heterocycles. The summed E-state index contributed by atoms with van der Waals surface area (Å²) in [5.41, 5.74) is 0.440. The first kappa shape index (κ1) is 23.2. The second kappa shape index (κ2) is 9.37. The second-order valence-corrected chi connectivity index (χ2v) is 7.05. The molecule has 0 spiro atoms. The van der Waals surface area contributed by atoms with Gasteiger partial charge >= 0.3 is 12.2 Å². The Balaban J connectivity index is 1.86. The average molecular weight is 458 g/mol. The standard InChI is InChI=1S/C20H19F5N4O3/c1-11-18(30)26-6-7-29(11)19(31)28-17(12-2-4-14(21)15(22)8-12)13-3-5-16(27-9-13)32-10-20(23,24)25/h2-5,8-9,11,17H,6-7,10H2,1H3,(H,26,30)(H,28,31)/t11-,17?/m1/s1. The highest BCUT2D eigenvalue weighted by Crippen LogP contribution is 2.26. The third kappa shape index (κ3) is 5.62. The summed E-state index contributed by atoms with van der Waals surface area (Å²) in [6.45, 7) is 0.484. The van der Waals surface area contributed by atoms with E-state index >= 15 is 0 Å². The molecule has 1 aliphatic heterocycles. The highest BCUT2D eigenvalue weighted by atomic mass is 19.4. The predicted octanol–water partition coefficient (Wildman–Crippen LogP) is 2.92. The zero-order valence-corrected chi connectivity index (χ0v) is 16.7. The van der Waals surface area contributed by atoms with E-state index < -0.39 is 42.5 Å². The largest absolute Gasteiger partial charge is 0.468 e. The molecule has 1 aliphatic rings. The van der Waals surface area contributed by atoms with Gasteiger partial charge in [-0.1, -0.05) is 6.07 Å². The molecule has 172 valence electrons. The summed E-state index contributed by atoms with van der Waals surface area (Å²) in [6.07, 6.45) is -3.38. The predicted molar refractivity (Wildman–Crippen MR) is 102 cm³/mol. The van der Waals surface area contributed by atoms with Gasteiger partial charge in [0.1, 0.15) is 6.04 Å². The van der Waals surface area contributed by atoms with Gasteiger partial charge in [-0.05, 0) is 36.2 Å². The van der Waals surface area contributed by atoms with Crippen LogP contribution >= 0.6 is 0 Å². The van der Waals surface area contributed by atoms with Crippen LogP contribution in [0.15, 0.2) is 36.5 Å². The Labute approximate surface area is 179 Å². The maximum Gasteiger partial charge on any atom is 0.422 e. The van der Waals surface area contributed by atoms with Gasteiger partial charge in [-0.25, -0.2) is 18.6 Å². The number of rotatable bonds is 5. The Hall–Kier alpha value is -3.44. The first-order valence-corrected chi connectivity index (χ1v) is 9.50. The minimum Gasteiger partial charge on any atom is -0.468 e. The maximum absolute atomic E-state index is 13.8. The average Bonchev–Trinajstić information content (AvgIpc) is 2.74. The molecule has 2 atom stereocenters. The second-order valence-electron chi connectivity index (χ2n) is 7.05. The van der Waals surface area contributed by atoms with Crippen LogP contribution < -0.4 is 15.4 Å².